The number of likely N-dealkylation sites (N-methyl/N-ethyl adjacent to an activating group) is 1. The minimum atomic E-state index is -0.580. The monoisotopic (exact) mass is 467 g/mol. The average molecular weight is 468 g/mol. The number of aliphatic hydroxyl groups is 3. The molecule has 6 nitrogen and oxygen atoms in total. The maximum atomic E-state index is 12.2. The molecule has 1 aliphatic carbocycles. The second kappa shape index (κ2) is 17.3. The summed E-state index contributed by atoms with van der Waals surface area (Å²) in [7, 11) is 0. The number of carbonyl (C=O) groups excluding carboxylic acids is 1. The molecule has 1 aliphatic rings. The molecule has 0 aliphatic heterocycles. The van der Waals surface area contributed by atoms with Gasteiger partial charge < -0.3 is 25.0 Å². The van der Waals surface area contributed by atoms with E-state index in [0.29, 0.717) is 19.4 Å². The van der Waals surface area contributed by atoms with Crippen molar-refractivity contribution in [3.05, 3.63) is 24.3 Å². The minimum Gasteiger partial charge on any atom is -0.464 e. The Labute approximate surface area is 201 Å². The van der Waals surface area contributed by atoms with E-state index in [0.717, 1.165) is 58.2 Å². The van der Waals surface area contributed by atoms with Crippen LogP contribution in [0.5, 0.6) is 0 Å². The van der Waals surface area contributed by atoms with Crippen LogP contribution in [-0.2, 0) is 9.53 Å². The van der Waals surface area contributed by atoms with Crippen molar-refractivity contribution >= 4 is 5.97 Å². The summed E-state index contributed by atoms with van der Waals surface area (Å²) in [4.78, 5) is 14.4. The normalized spacial score (nSPS) is 25.3. The van der Waals surface area contributed by atoms with E-state index in [1.165, 1.54) is 0 Å². The Bertz CT molecular complexity index is 575. The van der Waals surface area contributed by atoms with Gasteiger partial charge in [-0.05, 0) is 44.7 Å². The molecule has 0 aromatic heterocycles. The maximum absolute atomic E-state index is 12.2. The summed E-state index contributed by atoms with van der Waals surface area (Å²) in [5, 5.41) is 30.9. The maximum Gasteiger partial charge on any atom is 0.308 e. The lowest BCUT2D eigenvalue weighted by atomic mass is 9.89. The molecule has 0 saturated heterocycles. The van der Waals surface area contributed by atoms with E-state index in [-0.39, 0.29) is 23.7 Å². The third-order valence-corrected chi connectivity index (χ3v) is 6.86. The number of rotatable bonds is 17. The van der Waals surface area contributed by atoms with Gasteiger partial charge in [-0.15, -0.1) is 0 Å². The molecule has 6 heteroatoms. The fraction of sp³-hybridized carbons (Fsp3) is 0.815. The molecule has 33 heavy (non-hydrogen) atoms. The van der Waals surface area contributed by atoms with Crippen LogP contribution in [0, 0.1) is 17.8 Å². The molecule has 1 fully saturated rings. The summed E-state index contributed by atoms with van der Waals surface area (Å²) in [6, 6.07) is 0. The van der Waals surface area contributed by atoms with E-state index in [9.17, 15) is 20.1 Å². The highest BCUT2D eigenvalue weighted by atomic mass is 16.5. The number of unbranched alkanes of at least 4 members (excludes halogenated alkanes) is 2. The molecule has 0 aromatic carbocycles. The zero-order valence-corrected chi connectivity index (χ0v) is 21.4. The standard InChI is InChI=1S/C27H49NO5/c1-5-8-10-14-22(29)16-17-24-23(25(30)20-26(24)31)15-12-9-11-13-21(4)27(32)33-19-18-28(6-2)7-3/h9,12,16-17,21-26,29-31H,5-8,10-11,13-15,18-20H2,1-4H3/t21?,22?,23-,24-,25?,26?/m1/s1. The molecule has 0 heterocycles. The highest BCUT2D eigenvalue weighted by Gasteiger charge is 2.39. The lowest BCUT2D eigenvalue weighted by molar-refractivity contribution is -0.148. The zero-order valence-electron chi connectivity index (χ0n) is 21.4. The van der Waals surface area contributed by atoms with Gasteiger partial charge in [-0.25, -0.2) is 0 Å². The van der Waals surface area contributed by atoms with E-state index < -0.39 is 18.3 Å². The molecule has 0 radical (unpaired) electrons. The predicted octanol–water partition coefficient (Wildman–Crippen LogP) is 4.09. The Morgan fingerprint density at radius 3 is 2.48 bits per heavy atom. The number of carbonyl (C=O) groups is 1. The number of ether oxygens (including phenoxy) is 1. The molecule has 0 amide bonds. The van der Waals surface area contributed by atoms with Crippen LogP contribution in [0.1, 0.15) is 79.1 Å². The van der Waals surface area contributed by atoms with Gasteiger partial charge in [0.15, 0.2) is 0 Å². The van der Waals surface area contributed by atoms with Gasteiger partial charge in [0.2, 0.25) is 0 Å². The summed E-state index contributed by atoms with van der Waals surface area (Å²) < 4.78 is 5.40. The molecular formula is C27H49NO5. The molecule has 6 atom stereocenters. The Balaban J connectivity index is 2.39. The van der Waals surface area contributed by atoms with Crippen LogP contribution in [0.2, 0.25) is 0 Å². The van der Waals surface area contributed by atoms with E-state index in [1.807, 2.05) is 19.1 Å². The van der Waals surface area contributed by atoms with Gasteiger partial charge in [0.1, 0.15) is 6.61 Å². The van der Waals surface area contributed by atoms with Gasteiger partial charge in [-0.3, -0.25) is 4.79 Å². The summed E-state index contributed by atoms with van der Waals surface area (Å²) in [6.45, 7) is 11.4. The Hall–Kier alpha value is -1.21. The molecule has 0 bridgehead atoms. The lowest BCUT2D eigenvalue weighted by Gasteiger charge is -2.19. The first-order chi connectivity index (χ1) is 15.8. The third kappa shape index (κ3) is 11.7. The van der Waals surface area contributed by atoms with Crippen molar-refractivity contribution in [2.24, 2.45) is 17.8 Å². The van der Waals surface area contributed by atoms with Gasteiger partial charge in [0.25, 0.3) is 0 Å². The Morgan fingerprint density at radius 1 is 1.09 bits per heavy atom. The molecule has 0 aromatic rings. The topological polar surface area (TPSA) is 90.2 Å². The Kier molecular flexibility index (Phi) is 15.6. The van der Waals surface area contributed by atoms with Crippen LogP contribution >= 0.6 is 0 Å². The first-order valence-electron chi connectivity index (χ1n) is 13.1. The van der Waals surface area contributed by atoms with Crippen molar-refractivity contribution < 1.29 is 24.9 Å². The quantitative estimate of drug-likeness (QED) is 0.170. The predicted molar refractivity (Wildman–Crippen MR) is 134 cm³/mol. The van der Waals surface area contributed by atoms with Crippen LogP contribution in [0.4, 0.5) is 0 Å². The molecule has 1 rings (SSSR count). The SMILES string of the molecule is CCCCCC(O)C=C[C@H]1C(O)CC(O)[C@@H]1CC=CCCC(C)C(=O)OCCN(CC)CC. The largest absolute Gasteiger partial charge is 0.464 e. The van der Waals surface area contributed by atoms with Crippen LogP contribution in [0.25, 0.3) is 0 Å². The van der Waals surface area contributed by atoms with Crippen molar-refractivity contribution in [1.82, 2.24) is 4.90 Å². The van der Waals surface area contributed by atoms with Gasteiger partial charge in [-0.1, -0.05) is 71.3 Å². The minimum absolute atomic E-state index is 0.0576. The molecule has 1 saturated carbocycles. The second-order valence-corrected chi connectivity index (χ2v) is 9.44. The lowest BCUT2D eigenvalue weighted by Crippen LogP contribution is -2.28. The number of aliphatic hydroxyl groups excluding tert-OH is 3. The summed E-state index contributed by atoms with van der Waals surface area (Å²) in [5.41, 5.74) is 0. The second-order valence-electron chi connectivity index (χ2n) is 9.44. The fourth-order valence-electron chi connectivity index (χ4n) is 4.46. The highest BCUT2D eigenvalue weighted by Crippen LogP contribution is 2.36. The van der Waals surface area contributed by atoms with E-state index >= 15 is 0 Å². The average Bonchev–Trinajstić information content (AvgIpc) is 3.06. The molecule has 192 valence electrons. The summed E-state index contributed by atoms with van der Waals surface area (Å²) in [6.07, 6.45) is 12.6. The molecule has 0 spiro atoms. The van der Waals surface area contributed by atoms with Gasteiger partial charge >= 0.3 is 5.97 Å². The van der Waals surface area contributed by atoms with E-state index in [1.54, 1.807) is 6.08 Å². The van der Waals surface area contributed by atoms with Crippen LogP contribution in [0.15, 0.2) is 24.3 Å². The van der Waals surface area contributed by atoms with Crippen molar-refractivity contribution in [3.8, 4) is 0 Å². The number of hydrogen-bond donors (Lipinski definition) is 3. The molecule has 4 unspecified atom stereocenters. The third-order valence-electron chi connectivity index (χ3n) is 6.86. The van der Waals surface area contributed by atoms with Crippen LogP contribution < -0.4 is 0 Å². The van der Waals surface area contributed by atoms with E-state index in [4.69, 9.17) is 4.74 Å². The first kappa shape index (κ1) is 29.8. The molecule has 3 N–H and O–H groups in total. The smallest absolute Gasteiger partial charge is 0.308 e. The van der Waals surface area contributed by atoms with Gasteiger partial charge in [-0.2, -0.15) is 0 Å². The number of nitrogens with zero attached hydrogens (tertiary/aromatic N) is 1. The first-order valence-corrected chi connectivity index (χ1v) is 13.1. The van der Waals surface area contributed by atoms with E-state index in [2.05, 4.69) is 31.7 Å². The fourth-order valence-corrected chi connectivity index (χ4v) is 4.46. The van der Waals surface area contributed by atoms with Crippen molar-refractivity contribution in [3.63, 3.8) is 0 Å². The van der Waals surface area contributed by atoms with Crippen molar-refractivity contribution in [1.29, 1.82) is 0 Å². The van der Waals surface area contributed by atoms with Crippen molar-refractivity contribution in [2.75, 3.05) is 26.2 Å². The van der Waals surface area contributed by atoms with Gasteiger partial charge in [0, 0.05) is 18.9 Å². The van der Waals surface area contributed by atoms with Crippen molar-refractivity contribution in [2.45, 2.75) is 97.4 Å². The van der Waals surface area contributed by atoms with Crippen LogP contribution in [0.3, 0.4) is 0 Å². The summed E-state index contributed by atoms with van der Waals surface area (Å²) in [5.74, 6) is -0.495. The molecular weight excluding hydrogens is 418 g/mol. The number of esters is 1. The highest BCUT2D eigenvalue weighted by molar-refractivity contribution is 5.71. The number of hydrogen-bond acceptors (Lipinski definition) is 6. The van der Waals surface area contributed by atoms with Crippen LogP contribution in [-0.4, -0.2) is 70.7 Å². The number of allylic oxidation sites excluding steroid dienone is 2. The van der Waals surface area contributed by atoms with Gasteiger partial charge in [0.05, 0.1) is 24.2 Å². The summed E-state index contributed by atoms with van der Waals surface area (Å²) >= 11 is 0. The zero-order chi connectivity index (χ0) is 24.6. The Morgan fingerprint density at radius 2 is 1.82 bits per heavy atom.